The Balaban J connectivity index is 1.90. The molecule has 0 saturated heterocycles. The predicted molar refractivity (Wildman–Crippen MR) is 102 cm³/mol. The summed E-state index contributed by atoms with van der Waals surface area (Å²) >= 11 is 0. The van der Waals surface area contributed by atoms with Crippen LogP contribution in [0.1, 0.15) is 28.5 Å². The van der Waals surface area contributed by atoms with Crippen molar-refractivity contribution in [2.45, 2.75) is 12.5 Å². The zero-order valence-corrected chi connectivity index (χ0v) is 15.7. The Kier molecular flexibility index (Phi) is 5.95. The van der Waals surface area contributed by atoms with E-state index in [9.17, 15) is 23.2 Å². The van der Waals surface area contributed by atoms with Crippen LogP contribution in [0.25, 0.3) is 5.69 Å². The Morgan fingerprint density at radius 1 is 1.17 bits per heavy atom. The fourth-order valence-electron chi connectivity index (χ4n) is 2.89. The minimum atomic E-state index is -1.27. The number of nitrogens with zero attached hydrogens (tertiary/aromatic N) is 1. The summed E-state index contributed by atoms with van der Waals surface area (Å²) in [7, 11) is 1.35. The molecule has 1 amide bonds. The van der Waals surface area contributed by atoms with Gasteiger partial charge < -0.3 is 15.2 Å². The van der Waals surface area contributed by atoms with E-state index in [0.717, 1.165) is 22.9 Å². The van der Waals surface area contributed by atoms with Gasteiger partial charge in [-0.05, 0) is 18.2 Å². The number of aromatic nitrogens is 2. The number of amides is 1. The molecule has 1 aromatic heterocycles. The van der Waals surface area contributed by atoms with Gasteiger partial charge in [0.15, 0.2) is 0 Å². The molecule has 1 heterocycles. The monoisotopic (exact) mass is 417 g/mol. The number of hydrogen-bond donors (Lipinski definition) is 3. The maximum absolute atomic E-state index is 14.4. The molecule has 0 aliphatic rings. The van der Waals surface area contributed by atoms with Crippen LogP contribution in [0, 0.1) is 11.6 Å². The Hall–Kier alpha value is -3.95. The number of hydrogen-bond acceptors (Lipinski definition) is 4. The molecule has 0 aliphatic carbocycles. The zero-order chi connectivity index (χ0) is 21.8. The highest BCUT2D eigenvalue weighted by Gasteiger charge is 2.24. The van der Waals surface area contributed by atoms with Crippen LogP contribution in [0.3, 0.4) is 0 Å². The van der Waals surface area contributed by atoms with Gasteiger partial charge in [-0.2, -0.15) is 0 Å². The standard InChI is InChI=1S/C20H17F2N3O5/c1-30-11-6-7-12(14(22)8-11)15(10-19(27)28)23-20(29)16-9-18(26)25(24-16)17-5-3-2-4-13(17)21/h2-9,15,24H,10H2,1H3,(H,23,29)(H,27,28). The molecule has 0 bridgehead atoms. The van der Waals surface area contributed by atoms with Crippen molar-refractivity contribution in [3.05, 3.63) is 81.8 Å². The van der Waals surface area contributed by atoms with E-state index in [-0.39, 0.29) is 22.7 Å². The van der Waals surface area contributed by atoms with Gasteiger partial charge in [-0.1, -0.05) is 18.2 Å². The van der Waals surface area contributed by atoms with Gasteiger partial charge in [-0.15, -0.1) is 0 Å². The van der Waals surface area contributed by atoms with Crippen LogP contribution in [-0.4, -0.2) is 33.9 Å². The van der Waals surface area contributed by atoms with E-state index < -0.39 is 41.5 Å². The molecule has 3 N–H and O–H groups in total. The number of ether oxygens (including phenoxy) is 1. The Morgan fingerprint density at radius 3 is 2.53 bits per heavy atom. The number of H-pyrrole nitrogens is 1. The Morgan fingerprint density at radius 2 is 1.90 bits per heavy atom. The molecule has 0 fully saturated rings. The molecule has 0 saturated carbocycles. The second-order valence-electron chi connectivity index (χ2n) is 6.31. The number of carboxylic acid groups (broad SMARTS) is 1. The summed E-state index contributed by atoms with van der Waals surface area (Å²) in [4.78, 5) is 36.0. The van der Waals surface area contributed by atoms with Crippen molar-refractivity contribution in [2.24, 2.45) is 0 Å². The van der Waals surface area contributed by atoms with Gasteiger partial charge in [0.1, 0.15) is 28.8 Å². The predicted octanol–water partition coefficient (Wildman–Crippen LogP) is 2.40. The highest BCUT2D eigenvalue weighted by molar-refractivity contribution is 5.92. The number of para-hydroxylation sites is 1. The lowest BCUT2D eigenvalue weighted by molar-refractivity contribution is -0.137. The minimum absolute atomic E-state index is 0.0672. The molecule has 2 aromatic carbocycles. The highest BCUT2D eigenvalue weighted by Crippen LogP contribution is 2.24. The van der Waals surface area contributed by atoms with E-state index in [1.807, 2.05) is 0 Å². The Bertz CT molecular complexity index is 1160. The third kappa shape index (κ3) is 4.37. The maximum Gasteiger partial charge on any atom is 0.305 e. The number of halogens is 2. The second-order valence-corrected chi connectivity index (χ2v) is 6.31. The fourth-order valence-corrected chi connectivity index (χ4v) is 2.89. The van der Waals surface area contributed by atoms with Crippen molar-refractivity contribution in [2.75, 3.05) is 7.11 Å². The number of methoxy groups -OCH3 is 1. The van der Waals surface area contributed by atoms with Crippen LogP contribution in [-0.2, 0) is 4.79 Å². The fraction of sp³-hybridized carbons (Fsp3) is 0.150. The first-order valence-electron chi connectivity index (χ1n) is 8.73. The number of benzene rings is 2. The first-order valence-corrected chi connectivity index (χ1v) is 8.73. The number of carbonyl (C=O) groups excluding carboxylic acids is 1. The summed E-state index contributed by atoms with van der Waals surface area (Å²) in [5, 5.41) is 14.0. The summed E-state index contributed by atoms with van der Waals surface area (Å²) in [5.74, 6) is -3.35. The minimum Gasteiger partial charge on any atom is -0.497 e. The van der Waals surface area contributed by atoms with E-state index in [2.05, 4.69) is 10.4 Å². The molecule has 8 nitrogen and oxygen atoms in total. The molecule has 0 aliphatic heterocycles. The molecular weight excluding hydrogens is 400 g/mol. The van der Waals surface area contributed by atoms with Gasteiger partial charge >= 0.3 is 5.97 Å². The van der Waals surface area contributed by atoms with Gasteiger partial charge in [0.25, 0.3) is 11.5 Å². The molecule has 3 rings (SSSR count). The summed E-state index contributed by atoms with van der Waals surface area (Å²) in [6.07, 6.45) is -0.604. The van der Waals surface area contributed by atoms with Crippen molar-refractivity contribution in [3.63, 3.8) is 0 Å². The van der Waals surface area contributed by atoms with Crippen LogP contribution < -0.4 is 15.6 Å². The van der Waals surface area contributed by atoms with Crippen LogP contribution in [0.2, 0.25) is 0 Å². The van der Waals surface area contributed by atoms with E-state index >= 15 is 0 Å². The van der Waals surface area contributed by atoms with Crippen LogP contribution in [0.15, 0.2) is 53.3 Å². The maximum atomic E-state index is 14.4. The number of nitrogens with one attached hydrogen (secondary N) is 2. The third-order valence-corrected chi connectivity index (χ3v) is 4.33. The summed E-state index contributed by atoms with van der Waals surface area (Å²) in [5.41, 5.74) is -1.10. The molecule has 0 radical (unpaired) electrons. The van der Waals surface area contributed by atoms with E-state index in [4.69, 9.17) is 9.84 Å². The molecule has 30 heavy (non-hydrogen) atoms. The SMILES string of the molecule is COc1ccc(C(CC(=O)O)NC(=O)c2cc(=O)n(-c3ccccc3F)[nH]2)c(F)c1. The van der Waals surface area contributed by atoms with Gasteiger partial charge in [-0.25, -0.2) is 13.5 Å². The smallest absolute Gasteiger partial charge is 0.305 e. The van der Waals surface area contributed by atoms with Crippen LogP contribution in [0.4, 0.5) is 8.78 Å². The van der Waals surface area contributed by atoms with E-state index in [0.29, 0.717) is 0 Å². The lowest BCUT2D eigenvalue weighted by Crippen LogP contribution is -2.31. The topological polar surface area (TPSA) is 113 Å². The Labute approximate surface area is 168 Å². The van der Waals surface area contributed by atoms with Crippen molar-refractivity contribution < 1.29 is 28.2 Å². The summed E-state index contributed by atoms with van der Waals surface area (Å²) in [6.45, 7) is 0. The summed E-state index contributed by atoms with van der Waals surface area (Å²) in [6, 6.07) is 8.96. The average Bonchev–Trinajstić information content (AvgIpc) is 3.09. The molecule has 0 spiro atoms. The van der Waals surface area contributed by atoms with Gasteiger partial charge in [0.2, 0.25) is 0 Å². The van der Waals surface area contributed by atoms with Crippen molar-refractivity contribution in [1.82, 2.24) is 15.1 Å². The lowest BCUT2D eigenvalue weighted by Gasteiger charge is -2.18. The number of rotatable bonds is 7. The van der Waals surface area contributed by atoms with E-state index in [1.165, 1.54) is 37.4 Å². The van der Waals surface area contributed by atoms with Crippen molar-refractivity contribution >= 4 is 11.9 Å². The number of carboxylic acids is 1. The van der Waals surface area contributed by atoms with Crippen LogP contribution in [0.5, 0.6) is 5.75 Å². The largest absolute Gasteiger partial charge is 0.497 e. The molecular formula is C20H17F2N3O5. The second kappa shape index (κ2) is 8.60. The quantitative estimate of drug-likeness (QED) is 0.546. The van der Waals surface area contributed by atoms with E-state index in [1.54, 1.807) is 0 Å². The average molecular weight is 417 g/mol. The van der Waals surface area contributed by atoms with Crippen molar-refractivity contribution in [3.8, 4) is 11.4 Å². The first-order chi connectivity index (χ1) is 14.3. The molecule has 1 atom stereocenters. The normalized spacial score (nSPS) is 11.7. The highest BCUT2D eigenvalue weighted by atomic mass is 19.1. The van der Waals surface area contributed by atoms with Crippen molar-refractivity contribution in [1.29, 1.82) is 0 Å². The number of aromatic amines is 1. The zero-order valence-electron chi connectivity index (χ0n) is 15.7. The molecule has 10 heteroatoms. The molecule has 1 unspecified atom stereocenters. The lowest BCUT2D eigenvalue weighted by atomic mass is 10.0. The number of aliphatic carboxylic acids is 1. The molecule has 156 valence electrons. The third-order valence-electron chi connectivity index (χ3n) is 4.33. The van der Waals surface area contributed by atoms with Gasteiger partial charge in [-0.3, -0.25) is 19.5 Å². The van der Waals surface area contributed by atoms with Crippen LogP contribution >= 0.6 is 0 Å². The number of carbonyl (C=O) groups is 2. The first kappa shape index (κ1) is 20.8. The summed E-state index contributed by atoms with van der Waals surface area (Å²) < 4.78 is 34.1. The van der Waals surface area contributed by atoms with Gasteiger partial charge in [0, 0.05) is 17.7 Å². The van der Waals surface area contributed by atoms with Gasteiger partial charge in [0.05, 0.1) is 19.6 Å². The molecule has 3 aromatic rings.